The Morgan fingerprint density at radius 1 is 1.43 bits per heavy atom. The standard InChI is InChI=1S/C8H11Cl2N3.H2S/c1-3-5(2)11-7-4-6(9)12-8(10)13-7;/h4-5H,3H2,1-2H3,(H,11,12,13);1H2/t5-;/m0./s1. The van der Waals surface area contributed by atoms with Crippen molar-refractivity contribution in [3.8, 4) is 0 Å². The third-order valence-electron chi connectivity index (χ3n) is 1.67. The molecule has 1 aromatic rings. The lowest BCUT2D eigenvalue weighted by Crippen LogP contribution is -2.14. The highest BCUT2D eigenvalue weighted by Crippen LogP contribution is 2.15. The van der Waals surface area contributed by atoms with E-state index in [2.05, 4.69) is 29.1 Å². The zero-order valence-corrected chi connectivity index (χ0v) is 10.5. The Morgan fingerprint density at radius 2 is 2.07 bits per heavy atom. The summed E-state index contributed by atoms with van der Waals surface area (Å²) in [6.07, 6.45) is 1.01. The van der Waals surface area contributed by atoms with Crippen LogP contribution in [0.4, 0.5) is 5.82 Å². The minimum atomic E-state index is 0. The van der Waals surface area contributed by atoms with Crippen LogP contribution in [0.15, 0.2) is 6.07 Å². The molecule has 0 fully saturated rings. The summed E-state index contributed by atoms with van der Waals surface area (Å²) in [5.41, 5.74) is 0. The first kappa shape index (κ1) is 13.8. The zero-order valence-electron chi connectivity index (χ0n) is 8.01. The van der Waals surface area contributed by atoms with E-state index >= 15 is 0 Å². The van der Waals surface area contributed by atoms with Gasteiger partial charge in [-0.15, -0.1) is 0 Å². The number of aromatic nitrogens is 2. The minimum Gasteiger partial charge on any atom is -0.367 e. The van der Waals surface area contributed by atoms with Crippen molar-refractivity contribution < 1.29 is 0 Å². The second-order valence-electron chi connectivity index (χ2n) is 2.80. The summed E-state index contributed by atoms with van der Waals surface area (Å²) in [5.74, 6) is 0.666. The molecule has 0 unspecified atom stereocenters. The second-order valence-corrected chi connectivity index (χ2v) is 3.52. The Balaban J connectivity index is 0.00000169. The van der Waals surface area contributed by atoms with Crippen molar-refractivity contribution in [3.63, 3.8) is 0 Å². The van der Waals surface area contributed by atoms with Gasteiger partial charge in [-0.1, -0.05) is 18.5 Å². The van der Waals surface area contributed by atoms with Gasteiger partial charge in [0.2, 0.25) is 5.28 Å². The molecule has 80 valence electrons. The molecular weight excluding hydrogens is 241 g/mol. The van der Waals surface area contributed by atoms with Crippen LogP contribution < -0.4 is 5.32 Å². The lowest BCUT2D eigenvalue weighted by Gasteiger charge is -2.11. The Morgan fingerprint density at radius 3 is 2.57 bits per heavy atom. The minimum absolute atomic E-state index is 0. The number of nitrogens with one attached hydrogen (secondary N) is 1. The summed E-state index contributed by atoms with van der Waals surface area (Å²) in [7, 11) is 0. The molecule has 1 heterocycles. The maximum Gasteiger partial charge on any atom is 0.225 e. The van der Waals surface area contributed by atoms with E-state index in [-0.39, 0.29) is 18.8 Å². The van der Waals surface area contributed by atoms with E-state index in [0.29, 0.717) is 17.0 Å². The van der Waals surface area contributed by atoms with E-state index in [1.54, 1.807) is 6.07 Å². The summed E-state index contributed by atoms with van der Waals surface area (Å²) in [4.78, 5) is 7.73. The molecule has 0 aromatic carbocycles. The van der Waals surface area contributed by atoms with Crippen molar-refractivity contribution in [2.24, 2.45) is 0 Å². The van der Waals surface area contributed by atoms with E-state index in [9.17, 15) is 0 Å². The average Bonchev–Trinajstić information content (AvgIpc) is 2.02. The van der Waals surface area contributed by atoms with Crippen LogP contribution >= 0.6 is 36.7 Å². The monoisotopic (exact) mass is 253 g/mol. The predicted molar refractivity (Wildman–Crippen MR) is 65.8 cm³/mol. The van der Waals surface area contributed by atoms with Gasteiger partial charge in [-0.25, -0.2) is 9.97 Å². The van der Waals surface area contributed by atoms with Gasteiger partial charge < -0.3 is 5.32 Å². The lowest BCUT2D eigenvalue weighted by atomic mass is 10.2. The number of nitrogens with zero attached hydrogens (tertiary/aromatic N) is 2. The number of anilines is 1. The fourth-order valence-corrected chi connectivity index (χ4v) is 1.23. The summed E-state index contributed by atoms with van der Waals surface area (Å²) in [5, 5.41) is 3.67. The predicted octanol–water partition coefficient (Wildman–Crippen LogP) is 3.11. The highest BCUT2D eigenvalue weighted by atomic mass is 35.5. The van der Waals surface area contributed by atoms with Gasteiger partial charge in [0.15, 0.2) is 0 Å². The van der Waals surface area contributed by atoms with Crippen molar-refractivity contribution in [2.75, 3.05) is 5.32 Å². The van der Waals surface area contributed by atoms with Crippen LogP contribution in [0.3, 0.4) is 0 Å². The van der Waals surface area contributed by atoms with Gasteiger partial charge in [0, 0.05) is 12.1 Å². The molecule has 0 amide bonds. The molecule has 0 aliphatic carbocycles. The smallest absolute Gasteiger partial charge is 0.225 e. The van der Waals surface area contributed by atoms with E-state index in [1.807, 2.05) is 0 Å². The first-order valence-electron chi connectivity index (χ1n) is 4.08. The highest BCUT2D eigenvalue weighted by molar-refractivity contribution is 7.59. The number of hydrogen-bond acceptors (Lipinski definition) is 3. The van der Waals surface area contributed by atoms with Crippen molar-refractivity contribution in [1.29, 1.82) is 0 Å². The molecule has 0 radical (unpaired) electrons. The van der Waals surface area contributed by atoms with Crippen LogP contribution in [0.25, 0.3) is 0 Å². The number of rotatable bonds is 3. The topological polar surface area (TPSA) is 37.8 Å². The van der Waals surface area contributed by atoms with Gasteiger partial charge >= 0.3 is 0 Å². The van der Waals surface area contributed by atoms with Crippen molar-refractivity contribution >= 4 is 42.5 Å². The highest BCUT2D eigenvalue weighted by Gasteiger charge is 2.03. The average molecular weight is 254 g/mol. The summed E-state index contributed by atoms with van der Waals surface area (Å²) < 4.78 is 0. The summed E-state index contributed by atoms with van der Waals surface area (Å²) >= 11 is 11.3. The quantitative estimate of drug-likeness (QED) is 0.665. The molecule has 1 aromatic heterocycles. The maximum atomic E-state index is 5.70. The van der Waals surface area contributed by atoms with E-state index in [4.69, 9.17) is 23.2 Å². The number of halogens is 2. The van der Waals surface area contributed by atoms with Gasteiger partial charge in [-0.3, -0.25) is 0 Å². The van der Waals surface area contributed by atoms with E-state index in [1.165, 1.54) is 0 Å². The lowest BCUT2D eigenvalue weighted by molar-refractivity contribution is 0.758. The van der Waals surface area contributed by atoms with Crippen LogP contribution in [0.2, 0.25) is 10.4 Å². The third-order valence-corrected chi connectivity index (χ3v) is 2.04. The van der Waals surface area contributed by atoms with Gasteiger partial charge in [-0.2, -0.15) is 13.5 Å². The Hall–Kier alpha value is -0.190. The largest absolute Gasteiger partial charge is 0.367 e. The first-order chi connectivity index (χ1) is 6.11. The first-order valence-corrected chi connectivity index (χ1v) is 4.84. The van der Waals surface area contributed by atoms with Gasteiger partial charge in [-0.05, 0) is 24.9 Å². The second kappa shape index (κ2) is 6.32. The van der Waals surface area contributed by atoms with E-state index in [0.717, 1.165) is 6.42 Å². The fourth-order valence-electron chi connectivity index (χ4n) is 0.818. The molecule has 1 rings (SSSR count). The molecule has 6 heteroatoms. The molecule has 0 aliphatic rings. The molecule has 0 aliphatic heterocycles. The molecule has 0 saturated heterocycles. The Kier molecular flexibility index (Phi) is 6.24. The summed E-state index contributed by atoms with van der Waals surface area (Å²) in [6, 6.07) is 2.00. The van der Waals surface area contributed by atoms with Crippen molar-refractivity contribution in [2.45, 2.75) is 26.3 Å². The fraction of sp³-hybridized carbons (Fsp3) is 0.500. The van der Waals surface area contributed by atoms with Crippen LogP contribution in [0.1, 0.15) is 20.3 Å². The van der Waals surface area contributed by atoms with Gasteiger partial charge in [0.25, 0.3) is 0 Å². The molecule has 1 atom stereocenters. The summed E-state index contributed by atoms with van der Waals surface area (Å²) in [6.45, 7) is 4.14. The molecule has 0 saturated carbocycles. The molecular formula is C8H13Cl2N3S. The molecule has 0 bridgehead atoms. The van der Waals surface area contributed by atoms with Crippen LogP contribution in [-0.2, 0) is 0 Å². The van der Waals surface area contributed by atoms with Crippen LogP contribution in [0.5, 0.6) is 0 Å². The van der Waals surface area contributed by atoms with E-state index < -0.39 is 0 Å². The molecule has 3 nitrogen and oxygen atoms in total. The molecule has 1 N–H and O–H groups in total. The van der Waals surface area contributed by atoms with Gasteiger partial charge in [0.05, 0.1) is 0 Å². The van der Waals surface area contributed by atoms with Crippen LogP contribution in [-0.4, -0.2) is 16.0 Å². The van der Waals surface area contributed by atoms with Crippen molar-refractivity contribution in [1.82, 2.24) is 9.97 Å². The SMILES string of the molecule is CC[C@H](C)Nc1cc(Cl)nc(Cl)n1.S. The zero-order chi connectivity index (χ0) is 9.84. The van der Waals surface area contributed by atoms with Crippen molar-refractivity contribution in [3.05, 3.63) is 16.5 Å². The van der Waals surface area contributed by atoms with Crippen LogP contribution in [0, 0.1) is 0 Å². The third kappa shape index (κ3) is 4.35. The number of hydrogen-bond donors (Lipinski definition) is 1. The molecule has 0 spiro atoms. The van der Waals surface area contributed by atoms with Gasteiger partial charge in [0.1, 0.15) is 11.0 Å². The maximum absolute atomic E-state index is 5.70. The Bertz CT molecular complexity index is 276. The Labute approximate surface area is 101 Å². The molecule has 14 heavy (non-hydrogen) atoms. The normalized spacial score (nSPS) is 11.7.